The van der Waals surface area contributed by atoms with Gasteiger partial charge in [0.2, 0.25) is 0 Å². The Hall–Kier alpha value is -4.06. The number of carbonyl (C=O) groups is 2. The topological polar surface area (TPSA) is 76.1 Å². The average Bonchev–Trinajstić information content (AvgIpc) is 3.13. The van der Waals surface area contributed by atoms with E-state index in [1.807, 2.05) is 49.4 Å². The number of benzene rings is 3. The summed E-state index contributed by atoms with van der Waals surface area (Å²) in [6, 6.07) is 19.2. The van der Waals surface area contributed by atoms with Gasteiger partial charge in [0.05, 0.1) is 25.3 Å². The van der Waals surface area contributed by atoms with Crippen molar-refractivity contribution in [2.24, 2.45) is 0 Å². The number of nitrogens with zero attached hydrogens (tertiary/aromatic N) is 1. The van der Waals surface area contributed by atoms with Gasteiger partial charge in [-0.25, -0.2) is 0 Å². The number of hydrogen-bond donors (Lipinski definition) is 1. The maximum Gasteiger partial charge on any atom is 0.300 e. The molecule has 1 N–H and O–H groups in total. The van der Waals surface area contributed by atoms with E-state index in [-0.39, 0.29) is 11.3 Å². The van der Waals surface area contributed by atoms with Crippen LogP contribution in [0.15, 0.2) is 72.3 Å². The standard InChI is InChI=1S/C28H25NO5/c1-17-5-3-7-21(15-17)29-25(18-8-11-22(33-2)12-9-18)24(27(31)28(29)32)26(30)20-10-13-23-19(16-20)6-4-14-34-23/h3,5,7-13,15-16,25,30H,4,6,14H2,1-2H3/b26-24-. The van der Waals surface area contributed by atoms with E-state index in [4.69, 9.17) is 9.47 Å². The van der Waals surface area contributed by atoms with E-state index in [0.717, 1.165) is 29.7 Å². The second-order valence-corrected chi connectivity index (χ2v) is 8.56. The molecule has 172 valence electrons. The van der Waals surface area contributed by atoms with Gasteiger partial charge < -0.3 is 14.6 Å². The van der Waals surface area contributed by atoms with Crippen molar-refractivity contribution in [2.75, 3.05) is 18.6 Å². The van der Waals surface area contributed by atoms with Crippen LogP contribution in [-0.4, -0.2) is 30.5 Å². The minimum Gasteiger partial charge on any atom is -0.507 e. The van der Waals surface area contributed by atoms with E-state index in [0.29, 0.717) is 29.2 Å². The minimum atomic E-state index is -0.778. The van der Waals surface area contributed by atoms with Crippen molar-refractivity contribution in [1.82, 2.24) is 0 Å². The largest absolute Gasteiger partial charge is 0.507 e. The fourth-order valence-corrected chi connectivity index (χ4v) is 4.64. The van der Waals surface area contributed by atoms with Crippen LogP contribution in [-0.2, 0) is 16.0 Å². The highest BCUT2D eigenvalue weighted by atomic mass is 16.5. The van der Waals surface area contributed by atoms with Crippen LogP contribution in [0.3, 0.4) is 0 Å². The zero-order valence-corrected chi connectivity index (χ0v) is 19.1. The van der Waals surface area contributed by atoms with Crippen molar-refractivity contribution in [1.29, 1.82) is 0 Å². The van der Waals surface area contributed by atoms with Crippen molar-refractivity contribution in [3.05, 3.63) is 94.6 Å². The summed E-state index contributed by atoms with van der Waals surface area (Å²) < 4.78 is 11.0. The normalized spacial score (nSPS) is 19.0. The highest BCUT2D eigenvalue weighted by molar-refractivity contribution is 6.51. The second kappa shape index (κ2) is 8.71. The lowest BCUT2D eigenvalue weighted by molar-refractivity contribution is -0.132. The number of amides is 1. The number of rotatable bonds is 4. The molecule has 0 saturated carbocycles. The van der Waals surface area contributed by atoms with E-state index >= 15 is 0 Å². The molecule has 0 aromatic heterocycles. The van der Waals surface area contributed by atoms with E-state index in [1.54, 1.807) is 31.4 Å². The molecule has 0 spiro atoms. The number of carbonyl (C=O) groups excluding carboxylic acids is 2. The maximum atomic E-state index is 13.3. The molecule has 6 heteroatoms. The van der Waals surface area contributed by atoms with Crippen molar-refractivity contribution in [3.63, 3.8) is 0 Å². The smallest absolute Gasteiger partial charge is 0.300 e. The third-order valence-electron chi connectivity index (χ3n) is 6.34. The van der Waals surface area contributed by atoms with E-state index in [1.165, 1.54) is 4.90 Å². The number of ketones is 1. The Labute approximate surface area is 198 Å². The number of fused-ring (bicyclic) bond motifs is 1. The molecule has 1 saturated heterocycles. The average molecular weight is 456 g/mol. The number of hydrogen-bond acceptors (Lipinski definition) is 5. The number of Topliss-reactive ketones (excluding diaryl/α,β-unsaturated/α-hetero) is 1. The molecule has 34 heavy (non-hydrogen) atoms. The molecule has 5 rings (SSSR count). The summed E-state index contributed by atoms with van der Waals surface area (Å²) in [5, 5.41) is 11.4. The quantitative estimate of drug-likeness (QED) is 0.342. The summed E-state index contributed by atoms with van der Waals surface area (Å²) in [6.07, 6.45) is 1.72. The lowest BCUT2D eigenvalue weighted by Crippen LogP contribution is -2.29. The predicted molar refractivity (Wildman–Crippen MR) is 129 cm³/mol. The molecule has 1 amide bonds. The number of aliphatic hydroxyl groups excluding tert-OH is 1. The van der Waals surface area contributed by atoms with Crippen molar-refractivity contribution in [2.45, 2.75) is 25.8 Å². The Morgan fingerprint density at radius 1 is 1.06 bits per heavy atom. The van der Waals surface area contributed by atoms with Gasteiger partial charge in [-0.2, -0.15) is 0 Å². The van der Waals surface area contributed by atoms with E-state index < -0.39 is 17.7 Å². The first-order valence-corrected chi connectivity index (χ1v) is 11.3. The molecule has 6 nitrogen and oxygen atoms in total. The van der Waals surface area contributed by atoms with Gasteiger partial charge in [-0.15, -0.1) is 0 Å². The van der Waals surface area contributed by atoms with Crippen molar-refractivity contribution >= 4 is 23.1 Å². The van der Waals surface area contributed by atoms with Gasteiger partial charge in [-0.3, -0.25) is 14.5 Å². The van der Waals surface area contributed by atoms with Crippen LogP contribution >= 0.6 is 0 Å². The van der Waals surface area contributed by atoms with Crippen LogP contribution in [0.25, 0.3) is 5.76 Å². The van der Waals surface area contributed by atoms with Gasteiger partial charge in [0.25, 0.3) is 11.7 Å². The molecule has 1 atom stereocenters. The Morgan fingerprint density at radius 2 is 1.85 bits per heavy atom. The molecule has 3 aromatic carbocycles. The molecule has 1 unspecified atom stereocenters. The highest BCUT2D eigenvalue weighted by Gasteiger charge is 2.47. The molecule has 0 bridgehead atoms. The summed E-state index contributed by atoms with van der Waals surface area (Å²) in [5.41, 5.74) is 3.79. The van der Waals surface area contributed by atoms with Crippen LogP contribution in [0.1, 0.15) is 34.7 Å². The molecular weight excluding hydrogens is 430 g/mol. The monoisotopic (exact) mass is 455 g/mol. The van der Waals surface area contributed by atoms with Crippen LogP contribution in [0.2, 0.25) is 0 Å². The van der Waals surface area contributed by atoms with Gasteiger partial charge >= 0.3 is 0 Å². The third-order valence-corrected chi connectivity index (χ3v) is 6.34. The second-order valence-electron chi connectivity index (χ2n) is 8.56. The zero-order chi connectivity index (χ0) is 23.8. The molecule has 2 aliphatic rings. The van der Waals surface area contributed by atoms with Gasteiger partial charge in [0.15, 0.2) is 0 Å². The molecule has 0 aliphatic carbocycles. The summed E-state index contributed by atoms with van der Waals surface area (Å²) in [5.74, 6) is -0.133. The first kappa shape index (κ1) is 21.8. The summed E-state index contributed by atoms with van der Waals surface area (Å²) in [4.78, 5) is 28.1. The molecule has 3 aromatic rings. The third kappa shape index (κ3) is 3.71. The Kier molecular flexibility index (Phi) is 5.57. The molecular formula is C28H25NO5. The first-order chi connectivity index (χ1) is 16.5. The van der Waals surface area contributed by atoms with E-state index in [9.17, 15) is 14.7 Å². The van der Waals surface area contributed by atoms with Crippen LogP contribution < -0.4 is 14.4 Å². The van der Waals surface area contributed by atoms with Gasteiger partial charge in [-0.1, -0.05) is 24.3 Å². The number of anilines is 1. The fraction of sp³-hybridized carbons (Fsp3) is 0.214. The first-order valence-electron chi connectivity index (χ1n) is 11.3. The number of aliphatic hydroxyl groups is 1. The van der Waals surface area contributed by atoms with E-state index in [2.05, 4.69) is 0 Å². The number of methoxy groups -OCH3 is 1. The van der Waals surface area contributed by atoms with Crippen LogP contribution in [0, 0.1) is 6.92 Å². The maximum absolute atomic E-state index is 13.3. The fourth-order valence-electron chi connectivity index (χ4n) is 4.64. The summed E-state index contributed by atoms with van der Waals surface area (Å²) >= 11 is 0. The zero-order valence-electron chi connectivity index (χ0n) is 19.1. The number of aryl methyl sites for hydroxylation is 2. The highest BCUT2D eigenvalue weighted by Crippen LogP contribution is 2.43. The molecule has 2 aliphatic heterocycles. The summed E-state index contributed by atoms with van der Waals surface area (Å²) in [7, 11) is 1.58. The molecule has 2 heterocycles. The minimum absolute atomic E-state index is 0.0633. The lowest BCUT2D eigenvalue weighted by atomic mass is 9.93. The number of ether oxygens (including phenoxy) is 2. The van der Waals surface area contributed by atoms with Crippen LogP contribution in [0.5, 0.6) is 11.5 Å². The van der Waals surface area contributed by atoms with Gasteiger partial charge in [0.1, 0.15) is 17.3 Å². The Balaban J connectivity index is 1.69. The predicted octanol–water partition coefficient (Wildman–Crippen LogP) is 4.95. The van der Waals surface area contributed by atoms with Crippen molar-refractivity contribution in [3.8, 4) is 11.5 Å². The summed E-state index contributed by atoms with van der Waals surface area (Å²) in [6.45, 7) is 2.59. The Bertz CT molecular complexity index is 1310. The Morgan fingerprint density at radius 3 is 2.59 bits per heavy atom. The van der Waals surface area contributed by atoms with Gasteiger partial charge in [0, 0.05) is 11.3 Å². The van der Waals surface area contributed by atoms with Crippen molar-refractivity contribution < 1.29 is 24.2 Å². The molecule has 0 radical (unpaired) electrons. The lowest BCUT2D eigenvalue weighted by Gasteiger charge is -2.26. The SMILES string of the molecule is COc1ccc(C2/C(=C(/O)c3ccc4c(c3)CCCO4)C(=O)C(=O)N2c2cccc(C)c2)cc1. The molecule has 1 fully saturated rings. The van der Waals surface area contributed by atoms with Gasteiger partial charge in [-0.05, 0) is 78.9 Å². The van der Waals surface area contributed by atoms with Crippen LogP contribution in [0.4, 0.5) is 5.69 Å².